The number of anilines is 2. The second-order valence-electron chi connectivity index (χ2n) is 6.05. The highest BCUT2D eigenvalue weighted by atomic mass is 32.2. The van der Waals surface area contributed by atoms with Crippen LogP contribution in [0.25, 0.3) is 22.2 Å². The molecule has 2 aromatic heterocycles. The number of aromatic amines is 1. The number of sulfonamides is 1. The van der Waals surface area contributed by atoms with Gasteiger partial charge in [-0.15, -0.1) is 0 Å². The monoisotopic (exact) mass is 395 g/mol. The van der Waals surface area contributed by atoms with E-state index in [-0.39, 0.29) is 4.90 Å². The second kappa shape index (κ2) is 6.95. The number of H-pyrrole nitrogens is 1. The van der Waals surface area contributed by atoms with Crippen LogP contribution in [0.15, 0.2) is 65.8 Å². The van der Waals surface area contributed by atoms with Crippen LogP contribution in [0.2, 0.25) is 0 Å². The van der Waals surface area contributed by atoms with E-state index < -0.39 is 10.0 Å². The smallest absolute Gasteiger partial charge is 0.238 e. The zero-order valence-electron chi connectivity index (χ0n) is 14.9. The summed E-state index contributed by atoms with van der Waals surface area (Å²) in [5, 5.41) is 9.21. The van der Waals surface area contributed by atoms with E-state index >= 15 is 0 Å². The third kappa shape index (κ3) is 3.40. The zero-order valence-corrected chi connectivity index (χ0v) is 15.7. The van der Waals surface area contributed by atoms with E-state index in [4.69, 9.17) is 9.88 Å². The molecule has 8 nitrogen and oxygen atoms in total. The summed E-state index contributed by atoms with van der Waals surface area (Å²) in [6.45, 7) is 0. The number of hydrogen-bond acceptors (Lipinski definition) is 6. The van der Waals surface area contributed by atoms with E-state index in [1.54, 1.807) is 25.4 Å². The molecule has 0 spiro atoms. The highest BCUT2D eigenvalue weighted by Gasteiger charge is 2.14. The van der Waals surface area contributed by atoms with Gasteiger partial charge in [0, 0.05) is 28.4 Å². The van der Waals surface area contributed by atoms with Crippen LogP contribution in [0.3, 0.4) is 0 Å². The second-order valence-corrected chi connectivity index (χ2v) is 7.61. The molecule has 4 aromatic rings. The van der Waals surface area contributed by atoms with Crippen LogP contribution in [0.5, 0.6) is 5.75 Å². The number of nitrogens with one attached hydrogen (secondary N) is 2. The van der Waals surface area contributed by atoms with Gasteiger partial charge in [-0.1, -0.05) is 18.2 Å². The normalized spacial score (nSPS) is 11.5. The molecule has 4 N–H and O–H groups in total. The first-order valence-corrected chi connectivity index (χ1v) is 9.88. The Morgan fingerprint density at radius 2 is 1.96 bits per heavy atom. The molecule has 2 aromatic carbocycles. The molecule has 0 atom stereocenters. The molecular weight excluding hydrogens is 378 g/mol. The van der Waals surface area contributed by atoms with Crippen molar-refractivity contribution in [3.05, 3.63) is 60.9 Å². The maximum Gasteiger partial charge on any atom is 0.238 e. The Balaban J connectivity index is 1.77. The van der Waals surface area contributed by atoms with Crippen molar-refractivity contribution in [2.75, 3.05) is 12.4 Å². The fourth-order valence-corrected chi connectivity index (χ4v) is 3.50. The molecule has 0 saturated heterocycles. The number of methoxy groups -OCH3 is 1. The molecule has 0 bridgehead atoms. The lowest BCUT2D eigenvalue weighted by atomic mass is 10.1. The van der Waals surface area contributed by atoms with Crippen LogP contribution in [-0.2, 0) is 10.0 Å². The lowest BCUT2D eigenvalue weighted by Gasteiger charge is -2.12. The number of primary sulfonamides is 1. The van der Waals surface area contributed by atoms with Crippen LogP contribution in [-0.4, -0.2) is 30.5 Å². The molecule has 142 valence electrons. The molecule has 0 amide bonds. The minimum absolute atomic E-state index is 0.00308. The van der Waals surface area contributed by atoms with Gasteiger partial charge in [-0.25, -0.2) is 23.5 Å². The molecule has 28 heavy (non-hydrogen) atoms. The third-order valence-electron chi connectivity index (χ3n) is 4.24. The lowest BCUT2D eigenvalue weighted by Crippen LogP contribution is -2.12. The van der Waals surface area contributed by atoms with Gasteiger partial charge in [0.1, 0.15) is 5.69 Å². The Morgan fingerprint density at radius 1 is 1.14 bits per heavy atom. The average molecular weight is 395 g/mol. The van der Waals surface area contributed by atoms with Gasteiger partial charge >= 0.3 is 0 Å². The summed E-state index contributed by atoms with van der Waals surface area (Å²) in [5.74, 6) is 0.826. The van der Waals surface area contributed by atoms with Crippen LogP contribution < -0.4 is 15.2 Å². The summed E-state index contributed by atoms with van der Waals surface area (Å²) in [7, 11) is -2.24. The van der Waals surface area contributed by atoms with Gasteiger partial charge in [0.05, 0.1) is 18.2 Å². The van der Waals surface area contributed by atoms with E-state index in [0.717, 1.165) is 16.5 Å². The predicted molar refractivity (Wildman–Crippen MR) is 107 cm³/mol. The van der Waals surface area contributed by atoms with E-state index in [0.29, 0.717) is 23.1 Å². The Hall–Kier alpha value is -3.43. The Morgan fingerprint density at radius 3 is 2.75 bits per heavy atom. The number of aromatic nitrogens is 3. The van der Waals surface area contributed by atoms with Crippen molar-refractivity contribution in [1.29, 1.82) is 0 Å². The minimum atomic E-state index is -3.80. The maximum absolute atomic E-state index is 11.6. The Bertz CT molecular complexity index is 1270. The van der Waals surface area contributed by atoms with Crippen LogP contribution in [0.1, 0.15) is 0 Å². The summed E-state index contributed by atoms with van der Waals surface area (Å²) in [4.78, 5) is 12.0. The molecule has 4 rings (SSSR count). The standard InChI is InChI=1S/C19H17N5O3S/c1-27-17-11-22-19(23-12-4-2-5-13(10-12)28(20,25)26)24-18(17)15-6-3-7-16-14(15)8-9-21-16/h2-11,21H,1H3,(H2,20,25,26)(H,22,23,24). The molecule has 0 radical (unpaired) electrons. The minimum Gasteiger partial charge on any atom is -0.493 e. The topological polar surface area (TPSA) is 123 Å². The number of nitrogens with two attached hydrogens (primary N) is 1. The first kappa shape index (κ1) is 18.0. The quantitative estimate of drug-likeness (QED) is 0.477. The largest absolute Gasteiger partial charge is 0.493 e. The van der Waals surface area contributed by atoms with Crippen molar-refractivity contribution in [3.63, 3.8) is 0 Å². The highest BCUT2D eigenvalue weighted by Crippen LogP contribution is 2.33. The molecule has 0 unspecified atom stereocenters. The van der Waals surface area contributed by atoms with Gasteiger partial charge in [-0.2, -0.15) is 0 Å². The lowest BCUT2D eigenvalue weighted by molar-refractivity contribution is 0.413. The van der Waals surface area contributed by atoms with Gasteiger partial charge < -0.3 is 15.0 Å². The van der Waals surface area contributed by atoms with Gasteiger partial charge in [0.2, 0.25) is 16.0 Å². The van der Waals surface area contributed by atoms with Crippen LogP contribution in [0.4, 0.5) is 11.6 Å². The van der Waals surface area contributed by atoms with Crippen molar-refractivity contribution in [3.8, 4) is 17.0 Å². The van der Waals surface area contributed by atoms with Crippen molar-refractivity contribution in [2.24, 2.45) is 5.14 Å². The fourth-order valence-electron chi connectivity index (χ4n) is 2.95. The van der Waals surface area contributed by atoms with E-state index in [1.165, 1.54) is 12.1 Å². The fraction of sp³-hybridized carbons (Fsp3) is 0.0526. The number of benzene rings is 2. The summed E-state index contributed by atoms with van der Waals surface area (Å²) in [5.41, 5.74) is 2.99. The summed E-state index contributed by atoms with van der Waals surface area (Å²) < 4.78 is 28.6. The SMILES string of the molecule is COc1cnc(Nc2cccc(S(N)(=O)=O)c2)nc1-c1cccc2[nH]ccc12. The number of rotatable bonds is 5. The van der Waals surface area contributed by atoms with Crippen molar-refractivity contribution in [2.45, 2.75) is 4.90 Å². The maximum atomic E-state index is 11.6. The number of hydrogen-bond donors (Lipinski definition) is 3. The van der Waals surface area contributed by atoms with E-state index in [1.807, 2.05) is 30.5 Å². The third-order valence-corrected chi connectivity index (χ3v) is 5.15. The van der Waals surface area contributed by atoms with Crippen molar-refractivity contribution in [1.82, 2.24) is 15.0 Å². The summed E-state index contributed by atoms with van der Waals surface area (Å²) in [6.07, 6.45) is 3.43. The molecule has 0 aliphatic carbocycles. The van der Waals surface area contributed by atoms with E-state index in [9.17, 15) is 8.42 Å². The number of nitrogens with zero attached hydrogens (tertiary/aromatic N) is 2. The Labute approximate surface area is 161 Å². The van der Waals surface area contributed by atoms with Gasteiger partial charge in [0.25, 0.3) is 0 Å². The molecule has 9 heteroatoms. The first-order chi connectivity index (χ1) is 13.5. The van der Waals surface area contributed by atoms with Crippen molar-refractivity contribution >= 4 is 32.6 Å². The summed E-state index contributed by atoms with van der Waals surface area (Å²) >= 11 is 0. The number of fused-ring (bicyclic) bond motifs is 1. The first-order valence-electron chi connectivity index (χ1n) is 8.33. The molecule has 0 saturated carbocycles. The van der Waals surface area contributed by atoms with Crippen LogP contribution in [0, 0.1) is 0 Å². The highest BCUT2D eigenvalue weighted by molar-refractivity contribution is 7.89. The predicted octanol–water partition coefficient (Wildman–Crippen LogP) is 3.02. The Kier molecular flexibility index (Phi) is 4.46. The van der Waals surface area contributed by atoms with E-state index in [2.05, 4.69) is 20.3 Å². The molecule has 0 fully saturated rings. The van der Waals surface area contributed by atoms with Crippen molar-refractivity contribution < 1.29 is 13.2 Å². The van der Waals surface area contributed by atoms with Gasteiger partial charge in [-0.05, 0) is 30.3 Å². The van der Waals surface area contributed by atoms with Gasteiger partial charge in [-0.3, -0.25) is 0 Å². The average Bonchev–Trinajstić information content (AvgIpc) is 3.16. The number of ether oxygens (including phenoxy) is 1. The molecular formula is C19H17N5O3S. The molecule has 2 heterocycles. The van der Waals surface area contributed by atoms with Crippen LogP contribution >= 0.6 is 0 Å². The molecule has 0 aliphatic rings. The van der Waals surface area contributed by atoms with Gasteiger partial charge in [0.15, 0.2) is 5.75 Å². The molecule has 0 aliphatic heterocycles. The zero-order chi connectivity index (χ0) is 19.7. The summed E-state index contributed by atoms with van der Waals surface area (Å²) in [6, 6.07) is 14.0.